The normalized spacial score (nSPS) is 22.2. The summed E-state index contributed by atoms with van der Waals surface area (Å²) < 4.78 is 26.9. The van der Waals surface area contributed by atoms with Gasteiger partial charge in [-0.25, -0.2) is 14.0 Å². The predicted octanol–water partition coefficient (Wildman–Crippen LogP) is 3.20. The van der Waals surface area contributed by atoms with Crippen LogP contribution in [0.1, 0.15) is 42.9 Å². The summed E-state index contributed by atoms with van der Waals surface area (Å²) in [7, 11) is 0. The molecule has 0 saturated carbocycles. The van der Waals surface area contributed by atoms with Crippen molar-refractivity contribution in [3.63, 3.8) is 0 Å². The molecule has 1 atom stereocenters. The van der Waals surface area contributed by atoms with Gasteiger partial charge in [0, 0.05) is 36.6 Å². The molecule has 0 bridgehead atoms. The molecule has 10 heteroatoms. The minimum atomic E-state index is -1.87. The molecule has 36 heavy (non-hydrogen) atoms. The summed E-state index contributed by atoms with van der Waals surface area (Å²) in [6.45, 7) is 2.67. The zero-order valence-corrected chi connectivity index (χ0v) is 21.7. The zero-order valence-electron chi connectivity index (χ0n) is 19.6. The first-order valence-electron chi connectivity index (χ1n) is 11.7. The maximum absolute atomic E-state index is 14.2. The molecule has 0 aliphatic carbocycles. The van der Waals surface area contributed by atoms with E-state index in [1.807, 2.05) is 5.94 Å². The van der Waals surface area contributed by atoms with Gasteiger partial charge in [-0.15, -0.1) is 0 Å². The third-order valence-electron chi connectivity index (χ3n) is 7.14. The fourth-order valence-electron chi connectivity index (χ4n) is 5.17. The van der Waals surface area contributed by atoms with E-state index in [9.17, 15) is 23.9 Å². The second-order valence-corrected chi connectivity index (χ2v) is 10.1. The van der Waals surface area contributed by atoms with E-state index in [1.165, 1.54) is 16.7 Å². The standard InChI is InChI=1S/C26H24FIN2O6/c1-2-26(34)20-5-8-29(24(32)19(20)14-36-25(26)33)12-22-23(28)18(13-31)17-11-15(27)3-4-21(17)30(22)16-6-9-35-10-7-16/h3-5,8,11,16,34H,2,6-7,9-10,12,14H2,1H3/t26-/m0/s1. The lowest BCUT2D eigenvalue weighted by molar-refractivity contribution is -0.172. The van der Waals surface area contributed by atoms with Gasteiger partial charge in [0.1, 0.15) is 18.4 Å². The summed E-state index contributed by atoms with van der Waals surface area (Å²) >= 11 is 2.06. The summed E-state index contributed by atoms with van der Waals surface area (Å²) in [6.07, 6.45) is 3.07. The molecule has 4 heterocycles. The number of aliphatic hydroxyl groups is 1. The van der Waals surface area contributed by atoms with E-state index < -0.39 is 22.9 Å². The number of hydrogen-bond acceptors (Lipinski definition) is 7. The van der Waals surface area contributed by atoms with Gasteiger partial charge in [0.15, 0.2) is 5.60 Å². The van der Waals surface area contributed by atoms with Crippen LogP contribution in [0, 0.1) is 5.82 Å². The van der Waals surface area contributed by atoms with Crippen LogP contribution in [-0.4, -0.2) is 40.8 Å². The molecule has 3 aliphatic rings. The van der Waals surface area contributed by atoms with Crippen LogP contribution in [0.15, 0.2) is 44.5 Å². The van der Waals surface area contributed by atoms with Crippen LogP contribution in [0.3, 0.4) is 0 Å². The Morgan fingerprint density at radius 1 is 1.25 bits per heavy atom. The summed E-state index contributed by atoms with van der Waals surface area (Å²) in [5, 5.41) is 10.9. The van der Waals surface area contributed by atoms with Gasteiger partial charge >= 0.3 is 5.97 Å². The average Bonchev–Trinajstić information content (AvgIpc) is 2.89. The summed E-state index contributed by atoms with van der Waals surface area (Å²) in [6, 6.07) is 5.94. The molecule has 3 aliphatic heterocycles. The van der Waals surface area contributed by atoms with Gasteiger partial charge in [-0.1, -0.05) is 6.92 Å². The average molecular weight is 606 g/mol. The summed E-state index contributed by atoms with van der Waals surface area (Å²) in [5.41, 5.74) is 0.306. The van der Waals surface area contributed by atoms with E-state index in [0.29, 0.717) is 33.7 Å². The lowest BCUT2D eigenvalue weighted by Gasteiger charge is -2.42. The monoisotopic (exact) mass is 606 g/mol. The Morgan fingerprint density at radius 3 is 2.69 bits per heavy atom. The molecule has 188 valence electrons. The largest absolute Gasteiger partial charge is 0.458 e. The fraction of sp³-hybridized carbons (Fsp3) is 0.385. The van der Waals surface area contributed by atoms with E-state index in [1.54, 1.807) is 25.3 Å². The lowest BCUT2D eigenvalue weighted by Crippen LogP contribution is -2.45. The Hall–Kier alpha value is -2.79. The maximum atomic E-state index is 14.2. The number of rotatable bonds is 4. The number of nitrogens with zero attached hydrogens (tertiary/aromatic N) is 2. The van der Waals surface area contributed by atoms with Gasteiger partial charge in [0.2, 0.25) is 0 Å². The molecule has 1 fully saturated rings. The van der Waals surface area contributed by atoms with Gasteiger partial charge in [-0.05, 0) is 66.1 Å². The van der Waals surface area contributed by atoms with Gasteiger partial charge in [-0.3, -0.25) is 4.79 Å². The number of allylic oxidation sites excluding steroid dienone is 3. The Bertz CT molecular complexity index is 1390. The molecule has 8 nitrogen and oxygen atoms in total. The number of aromatic nitrogens is 1. The number of fused-ring (bicyclic) bond motifs is 2. The van der Waals surface area contributed by atoms with Crippen molar-refractivity contribution in [1.29, 1.82) is 0 Å². The van der Waals surface area contributed by atoms with Crippen molar-refractivity contribution in [3.8, 4) is 0 Å². The third kappa shape index (κ3) is 3.92. The molecule has 0 radical (unpaired) electrons. The van der Waals surface area contributed by atoms with E-state index >= 15 is 0 Å². The van der Waals surface area contributed by atoms with Crippen molar-refractivity contribution in [2.75, 3.05) is 18.1 Å². The van der Waals surface area contributed by atoms with Crippen molar-refractivity contribution < 1.29 is 28.6 Å². The van der Waals surface area contributed by atoms with Gasteiger partial charge in [-0.2, -0.15) is 0 Å². The minimum absolute atomic E-state index is 0.0235. The topological polar surface area (TPSA) is 98.1 Å². The van der Waals surface area contributed by atoms with Crippen molar-refractivity contribution in [2.24, 2.45) is 0 Å². The second-order valence-electron chi connectivity index (χ2n) is 9.04. The number of halogens is 2. The fourth-order valence-corrected chi connectivity index (χ4v) is 6.01. The third-order valence-corrected chi connectivity index (χ3v) is 8.30. The van der Waals surface area contributed by atoms with E-state index in [4.69, 9.17) is 9.47 Å². The number of ether oxygens (including phenoxy) is 2. The molecule has 1 N–H and O–H groups in total. The van der Waals surface area contributed by atoms with Crippen molar-refractivity contribution >= 4 is 45.8 Å². The quantitative estimate of drug-likeness (QED) is 0.325. The second kappa shape index (κ2) is 9.59. The Labute approximate surface area is 220 Å². The van der Waals surface area contributed by atoms with Crippen molar-refractivity contribution in [2.45, 2.75) is 51.0 Å². The van der Waals surface area contributed by atoms with Crippen LogP contribution in [0.25, 0.3) is 5.57 Å². The highest BCUT2D eigenvalue weighted by Crippen LogP contribution is 2.45. The van der Waals surface area contributed by atoms with E-state index in [0.717, 1.165) is 12.8 Å². The molecule has 0 unspecified atom stereocenters. The van der Waals surface area contributed by atoms with Gasteiger partial charge in [0.25, 0.3) is 5.56 Å². The first kappa shape index (κ1) is 24.9. The minimum Gasteiger partial charge on any atom is -0.458 e. The number of carbonyl (C=O) groups excluding carboxylic acids is 2. The number of cyclic esters (lactones) is 1. The molecular formula is C26H24FIN2O6. The number of carbonyl (C=O) groups is 1. The van der Waals surface area contributed by atoms with Crippen LogP contribution in [0.5, 0.6) is 0 Å². The number of hydrogen-bond donors (Lipinski definition) is 1. The highest BCUT2D eigenvalue weighted by Gasteiger charge is 2.44. The van der Waals surface area contributed by atoms with E-state index in [2.05, 4.69) is 27.5 Å². The smallest absolute Gasteiger partial charge is 0.343 e. The summed E-state index contributed by atoms with van der Waals surface area (Å²) in [5.74, 6) is 0.747. The molecule has 2 aromatic rings. The molecule has 1 aromatic heterocycles. The molecular weight excluding hydrogens is 582 g/mol. The SMILES string of the molecule is CC[C@@]1(O)C(=O)OCc2c1ccn(CC1=C(I)C(=C=O)c3cc(F)ccc3N1C1CCOCC1)c2=O. The summed E-state index contributed by atoms with van der Waals surface area (Å²) in [4.78, 5) is 39.8. The highest BCUT2D eigenvalue weighted by molar-refractivity contribution is 14.1. The predicted molar refractivity (Wildman–Crippen MR) is 138 cm³/mol. The first-order chi connectivity index (χ1) is 17.3. The Balaban J connectivity index is 1.64. The molecule has 1 aromatic carbocycles. The van der Waals surface area contributed by atoms with Gasteiger partial charge in [0.05, 0.1) is 32.6 Å². The van der Waals surface area contributed by atoms with Crippen molar-refractivity contribution in [3.05, 3.63) is 72.6 Å². The van der Waals surface area contributed by atoms with Crippen LogP contribution in [-0.2, 0) is 37.8 Å². The zero-order chi connectivity index (χ0) is 25.6. The van der Waals surface area contributed by atoms with E-state index in [-0.39, 0.29) is 42.3 Å². The molecule has 0 amide bonds. The van der Waals surface area contributed by atoms with Crippen LogP contribution in [0.2, 0.25) is 0 Å². The number of esters is 1. The molecule has 1 saturated heterocycles. The van der Waals surface area contributed by atoms with Crippen LogP contribution >= 0.6 is 22.6 Å². The first-order valence-corrected chi connectivity index (χ1v) is 12.8. The number of anilines is 1. The lowest BCUT2D eigenvalue weighted by atomic mass is 9.87. The van der Waals surface area contributed by atoms with Crippen LogP contribution in [0.4, 0.5) is 10.1 Å². The van der Waals surface area contributed by atoms with Gasteiger partial charge < -0.3 is 24.0 Å². The van der Waals surface area contributed by atoms with Crippen LogP contribution < -0.4 is 10.5 Å². The number of pyridine rings is 1. The molecule has 0 spiro atoms. The van der Waals surface area contributed by atoms with Crippen molar-refractivity contribution in [1.82, 2.24) is 4.57 Å². The Kier molecular flexibility index (Phi) is 6.63. The maximum Gasteiger partial charge on any atom is 0.343 e. The number of benzene rings is 1. The molecule has 5 rings (SSSR count). The highest BCUT2D eigenvalue weighted by atomic mass is 127. The Morgan fingerprint density at radius 2 is 2.00 bits per heavy atom.